The fraction of sp³-hybridized carbons (Fsp3) is 0.263. The van der Waals surface area contributed by atoms with Crippen molar-refractivity contribution >= 4 is 40.7 Å². The SMILES string of the molecule is O=C(/C=C/C1CCN(C(=O)O)CC1)Nc1cc2c3c(c[nH]c3c1)C=NNC2=O. The van der Waals surface area contributed by atoms with E-state index < -0.39 is 6.09 Å². The number of anilines is 1. The van der Waals surface area contributed by atoms with Gasteiger partial charge in [-0.3, -0.25) is 9.59 Å². The van der Waals surface area contributed by atoms with Gasteiger partial charge in [-0.2, -0.15) is 5.10 Å². The first-order valence-corrected chi connectivity index (χ1v) is 8.97. The Morgan fingerprint density at radius 3 is 2.82 bits per heavy atom. The second-order valence-corrected chi connectivity index (χ2v) is 6.84. The Balaban J connectivity index is 1.45. The first kappa shape index (κ1) is 17.8. The molecule has 1 fully saturated rings. The van der Waals surface area contributed by atoms with E-state index in [1.807, 2.05) is 6.08 Å². The van der Waals surface area contributed by atoms with Crippen molar-refractivity contribution in [2.45, 2.75) is 12.8 Å². The lowest BCUT2D eigenvalue weighted by molar-refractivity contribution is -0.111. The first-order valence-electron chi connectivity index (χ1n) is 8.97. The average molecular weight is 381 g/mol. The number of carbonyl (C=O) groups excluding carboxylic acids is 2. The number of H-pyrrole nitrogens is 1. The Labute approximate surface area is 160 Å². The fourth-order valence-corrected chi connectivity index (χ4v) is 3.56. The maximum atomic E-state index is 12.3. The predicted octanol–water partition coefficient (Wildman–Crippen LogP) is 2.13. The van der Waals surface area contributed by atoms with Crippen LogP contribution in [0.1, 0.15) is 28.8 Å². The maximum Gasteiger partial charge on any atom is 0.407 e. The topological polar surface area (TPSA) is 127 Å². The summed E-state index contributed by atoms with van der Waals surface area (Å²) in [7, 11) is 0. The minimum atomic E-state index is -0.905. The van der Waals surface area contributed by atoms with Crippen LogP contribution in [0.5, 0.6) is 0 Å². The molecule has 3 heterocycles. The Hall–Kier alpha value is -3.62. The van der Waals surface area contributed by atoms with Crippen LogP contribution in [0.15, 0.2) is 35.6 Å². The number of hydrazone groups is 1. The van der Waals surface area contributed by atoms with Crippen molar-refractivity contribution in [1.29, 1.82) is 0 Å². The van der Waals surface area contributed by atoms with E-state index in [9.17, 15) is 14.4 Å². The van der Waals surface area contributed by atoms with E-state index in [4.69, 9.17) is 5.11 Å². The highest BCUT2D eigenvalue weighted by Crippen LogP contribution is 2.27. The molecule has 4 N–H and O–H groups in total. The van der Waals surface area contributed by atoms with Crippen LogP contribution in [-0.4, -0.2) is 52.2 Å². The molecule has 0 atom stereocenters. The molecule has 2 aliphatic heterocycles. The molecule has 1 saturated heterocycles. The van der Waals surface area contributed by atoms with Gasteiger partial charge in [-0.05, 0) is 37.0 Å². The molecule has 0 aliphatic carbocycles. The number of carboxylic acid groups (broad SMARTS) is 1. The Morgan fingerprint density at radius 1 is 1.29 bits per heavy atom. The number of nitrogens with zero attached hydrogens (tertiary/aromatic N) is 2. The predicted molar refractivity (Wildman–Crippen MR) is 103 cm³/mol. The van der Waals surface area contributed by atoms with Crippen molar-refractivity contribution in [1.82, 2.24) is 15.3 Å². The van der Waals surface area contributed by atoms with Crippen LogP contribution < -0.4 is 10.7 Å². The Morgan fingerprint density at radius 2 is 2.07 bits per heavy atom. The summed E-state index contributed by atoms with van der Waals surface area (Å²) in [5.41, 5.74) is 4.91. The Bertz CT molecular complexity index is 1010. The molecule has 0 unspecified atom stereocenters. The number of benzene rings is 1. The molecule has 2 aliphatic rings. The van der Waals surface area contributed by atoms with Crippen LogP contribution >= 0.6 is 0 Å². The first-order chi connectivity index (χ1) is 13.5. The third-order valence-corrected chi connectivity index (χ3v) is 5.02. The zero-order valence-electron chi connectivity index (χ0n) is 14.9. The van der Waals surface area contributed by atoms with Crippen LogP contribution in [0.3, 0.4) is 0 Å². The molecule has 3 amide bonds. The van der Waals surface area contributed by atoms with E-state index in [0.717, 1.165) is 16.5 Å². The lowest BCUT2D eigenvalue weighted by Gasteiger charge is -2.28. The van der Waals surface area contributed by atoms with Gasteiger partial charge >= 0.3 is 6.09 Å². The van der Waals surface area contributed by atoms with E-state index in [2.05, 4.69) is 20.8 Å². The highest BCUT2D eigenvalue weighted by molar-refractivity contribution is 6.15. The number of aromatic nitrogens is 1. The van der Waals surface area contributed by atoms with E-state index in [1.54, 1.807) is 24.5 Å². The summed E-state index contributed by atoms with van der Waals surface area (Å²) < 4.78 is 0. The van der Waals surface area contributed by atoms with Gasteiger partial charge in [0, 0.05) is 41.4 Å². The minimum Gasteiger partial charge on any atom is -0.465 e. The third-order valence-electron chi connectivity index (χ3n) is 5.02. The van der Waals surface area contributed by atoms with Crippen LogP contribution in [0.4, 0.5) is 10.5 Å². The zero-order valence-corrected chi connectivity index (χ0v) is 14.9. The molecule has 9 heteroatoms. The molecule has 1 aromatic heterocycles. The molecule has 0 bridgehead atoms. The molecule has 0 radical (unpaired) electrons. The molecule has 4 rings (SSSR count). The van der Waals surface area contributed by atoms with Crippen molar-refractivity contribution in [3.8, 4) is 0 Å². The quantitative estimate of drug-likeness (QED) is 0.607. The average Bonchev–Trinajstić information content (AvgIpc) is 3.01. The zero-order chi connectivity index (χ0) is 19.7. The number of rotatable bonds is 3. The summed E-state index contributed by atoms with van der Waals surface area (Å²) in [4.78, 5) is 39.9. The summed E-state index contributed by atoms with van der Waals surface area (Å²) in [6, 6.07) is 3.40. The van der Waals surface area contributed by atoms with Crippen molar-refractivity contribution in [3.63, 3.8) is 0 Å². The van der Waals surface area contributed by atoms with E-state index in [0.29, 0.717) is 37.2 Å². The number of piperidine rings is 1. The second kappa shape index (κ2) is 7.18. The van der Waals surface area contributed by atoms with E-state index in [-0.39, 0.29) is 17.7 Å². The van der Waals surface area contributed by atoms with Gasteiger partial charge in [0.15, 0.2) is 0 Å². The highest BCUT2D eigenvalue weighted by Gasteiger charge is 2.21. The van der Waals surface area contributed by atoms with Crippen LogP contribution in [0.2, 0.25) is 0 Å². The number of amides is 3. The number of hydrogen-bond donors (Lipinski definition) is 4. The summed E-state index contributed by atoms with van der Waals surface area (Å²) in [5.74, 6) is -0.469. The van der Waals surface area contributed by atoms with Gasteiger partial charge in [-0.15, -0.1) is 0 Å². The number of carbonyl (C=O) groups is 3. The molecule has 0 saturated carbocycles. The smallest absolute Gasteiger partial charge is 0.407 e. The monoisotopic (exact) mass is 381 g/mol. The standard InChI is InChI=1S/C19H19N5O4/c25-16(2-1-11-3-5-24(6-4-11)19(27)28)22-13-7-14-17-12(9-20-15(17)8-13)10-21-23-18(14)26/h1-2,7-11,20H,3-6H2,(H,22,25)(H,23,26)(H,27,28)/b2-1+. The second-order valence-electron chi connectivity index (χ2n) is 6.84. The molecule has 9 nitrogen and oxygen atoms in total. The molecular weight excluding hydrogens is 362 g/mol. The van der Waals surface area contributed by atoms with Crippen LogP contribution in [0, 0.1) is 5.92 Å². The highest BCUT2D eigenvalue weighted by atomic mass is 16.4. The van der Waals surface area contributed by atoms with E-state index in [1.165, 1.54) is 11.0 Å². The fourth-order valence-electron chi connectivity index (χ4n) is 3.56. The molecule has 28 heavy (non-hydrogen) atoms. The number of hydrogen-bond acceptors (Lipinski definition) is 4. The van der Waals surface area contributed by atoms with Crippen molar-refractivity contribution in [2.75, 3.05) is 18.4 Å². The summed E-state index contributed by atoms with van der Waals surface area (Å²) >= 11 is 0. The molecule has 1 aromatic carbocycles. The van der Waals surface area contributed by atoms with Gasteiger partial charge in [-0.1, -0.05) is 6.08 Å². The summed E-state index contributed by atoms with van der Waals surface area (Å²) in [6.45, 7) is 0.941. The Kier molecular flexibility index (Phi) is 4.56. The van der Waals surface area contributed by atoms with Gasteiger partial charge in [-0.25, -0.2) is 10.2 Å². The van der Waals surface area contributed by atoms with Gasteiger partial charge in [0.2, 0.25) is 5.91 Å². The van der Waals surface area contributed by atoms with E-state index >= 15 is 0 Å². The van der Waals surface area contributed by atoms with Crippen LogP contribution in [0.25, 0.3) is 10.9 Å². The molecular formula is C19H19N5O4. The number of aromatic amines is 1. The van der Waals surface area contributed by atoms with Crippen LogP contribution in [-0.2, 0) is 4.79 Å². The lowest BCUT2D eigenvalue weighted by atomic mass is 9.96. The largest absolute Gasteiger partial charge is 0.465 e. The molecule has 2 aromatic rings. The lowest BCUT2D eigenvalue weighted by Crippen LogP contribution is -2.37. The summed E-state index contributed by atoms with van der Waals surface area (Å²) in [6.07, 6.45) is 7.09. The molecule has 144 valence electrons. The van der Waals surface area contributed by atoms with Gasteiger partial charge in [0.1, 0.15) is 0 Å². The number of nitrogens with one attached hydrogen (secondary N) is 3. The van der Waals surface area contributed by atoms with Gasteiger partial charge < -0.3 is 20.3 Å². The molecule has 0 spiro atoms. The van der Waals surface area contributed by atoms with Gasteiger partial charge in [0.25, 0.3) is 5.91 Å². The number of allylic oxidation sites excluding steroid dienone is 1. The van der Waals surface area contributed by atoms with Crippen molar-refractivity contribution < 1.29 is 19.5 Å². The third kappa shape index (κ3) is 3.46. The van der Waals surface area contributed by atoms with Gasteiger partial charge in [0.05, 0.1) is 11.8 Å². The minimum absolute atomic E-state index is 0.169. The van der Waals surface area contributed by atoms with Crippen molar-refractivity contribution in [3.05, 3.63) is 41.6 Å². The normalized spacial score (nSPS) is 17.0. The number of likely N-dealkylation sites (tertiary alicyclic amines) is 1. The van der Waals surface area contributed by atoms with Crippen molar-refractivity contribution in [2.24, 2.45) is 11.0 Å². The maximum absolute atomic E-state index is 12.3. The summed E-state index contributed by atoms with van der Waals surface area (Å²) in [5, 5.41) is 16.4.